The number of halogens is 2. The number of carbonyl (C=O) groups is 2. The van der Waals surface area contributed by atoms with Gasteiger partial charge in [-0.05, 0) is 56.5 Å². The van der Waals surface area contributed by atoms with Crippen LogP contribution in [0.4, 0.5) is 4.79 Å². The van der Waals surface area contributed by atoms with Crippen LogP contribution >= 0.6 is 23.2 Å². The Morgan fingerprint density at radius 1 is 1.16 bits per heavy atom. The second kappa shape index (κ2) is 9.37. The second-order valence-corrected chi connectivity index (χ2v) is 9.00. The zero-order chi connectivity index (χ0) is 22.8. The first-order valence-corrected chi connectivity index (χ1v) is 10.6. The van der Waals surface area contributed by atoms with Crippen molar-refractivity contribution >= 4 is 35.3 Å². The lowest BCUT2D eigenvalue weighted by Gasteiger charge is -2.36. The van der Waals surface area contributed by atoms with E-state index >= 15 is 0 Å². The zero-order valence-corrected chi connectivity index (χ0v) is 19.4. The van der Waals surface area contributed by atoms with Gasteiger partial charge in [0, 0.05) is 12.1 Å². The SMILES string of the molecule is COC(=O)[C@H]1c2ccc(OCc3cccc(Cl)c3Cl)cc2CCN1C(=O)OC(C)(C)C. The van der Waals surface area contributed by atoms with Gasteiger partial charge in [0.25, 0.3) is 0 Å². The summed E-state index contributed by atoms with van der Waals surface area (Å²) in [5.74, 6) is 0.107. The molecule has 0 fully saturated rings. The van der Waals surface area contributed by atoms with Crippen molar-refractivity contribution in [2.24, 2.45) is 0 Å². The predicted octanol–water partition coefficient (Wildman–Crippen LogP) is 5.58. The molecule has 31 heavy (non-hydrogen) atoms. The van der Waals surface area contributed by atoms with Crippen LogP contribution in [0.15, 0.2) is 36.4 Å². The minimum absolute atomic E-state index is 0.253. The molecule has 3 rings (SSSR count). The van der Waals surface area contributed by atoms with Gasteiger partial charge in [-0.15, -0.1) is 0 Å². The molecule has 2 aromatic carbocycles. The van der Waals surface area contributed by atoms with Gasteiger partial charge >= 0.3 is 12.1 Å². The van der Waals surface area contributed by atoms with E-state index in [1.165, 1.54) is 12.0 Å². The molecular weight excluding hydrogens is 441 g/mol. The molecule has 1 aliphatic heterocycles. The molecule has 0 aliphatic carbocycles. The molecule has 0 bridgehead atoms. The van der Waals surface area contributed by atoms with Crippen LogP contribution in [0, 0.1) is 0 Å². The van der Waals surface area contributed by atoms with Gasteiger partial charge in [-0.25, -0.2) is 9.59 Å². The Kier molecular flexibility index (Phi) is 7.02. The smallest absolute Gasteiger partial charge is 0.411 e. The number of hydrogen-bond acceptors (Lipinski definition) is 5. The van der Waals surface area contributed by atoms with Crippen LogP contribution in [0.1, 0.15) is 43.5 Å². The van der Waals surface area contributed by atoms with E-state index in [1.807, 2.05) is 18.2 Å². The molecular formula is C23H25Cl2NO5. The van der Waals surface area contributed by atoms with E-state index in [9.17, 15) is 9.59 Å². The molecule has 2 aromatic rings. The number of fused-ring (bicyclic) bond motifs is 1. The van der Waals surface area contributed by atoms with Gasteiger partial charge in [0.05, 0.1) is 17.2 Å². The molecule has 1 amide bonds. The van der Waals surface area contributed by atoms with Crippen molar-refractivity contribution < 1.29 is 23.8 Å². The van der Waals surface area contributed by atoms with Crippen LogP contribution in [0.2, 0.25) is 10.0 Å². The summed E-state index contributed by atoms with van der Waals surface area (Å²) in [4.78, 5) is 26.6. The van der Waals surface area contributed by atoms with E-state index in [4.69, 9.17) is 37.4 Å². The largest absolute Gasteiger partial charge is 0.489 e. The maximum Gasteiger partial charge on any atom is 0.411 e. The molecule has 1 atom stereocenters. The number of nitrogens with zero attached hydrogens (tertiary/aromatic N) is 1. The summed E-state index contributed by atoms with van der Waals surface area (Å²) in [5, 5.41) is 0.928. The first kappa shape index (κ1) is 23.2. The average molecular weight is 466 g/mol. The summed E-state index contributed by atoms with van der Waals surface area (Å²) < 4.78 is 16.3. The van der Waals surface area contributed by atoms with Crippen molar-refractivity contribution in [3.63, 3.8) is 0 Å². The third-order valence-corrected chi connectivity index (χ3v) is 5.68. The molecule has 0 radical (unpaired) electrons. The van der Waals surface area contributed by atoms with Crippen LogP contribution < -0.4 is 4.74 Å². The van der Waals surface area contributed by atoms with Crippen molar-refractivity contribution in [1.29, 1.82) is 0 Å². The third kappa shape index (κ3) is 5.43. The molecule has 0 aromatic heterocycles. The highest BCUT2D eigenvalue weighted by Crippen LogP contribution is 2.34. The average Bonchev–Trinajstić information content (AvgIpc) is 2.72. The van der Waals surface area contributed by atoms with E-state index in [1.54, 1.807) is 39.0 Å². The Balaban J connectivity index is 1.83. The molecule has 1 heterocycles. The first-order chi connectivity index (χ1) is 14.6. The molecule has 0 spiro atoms. The van der Waals surface area contributed by atoms with Gasteiger partial charge in [0.1, 0.15) is 18.0 Å². The van der Waals surface area contributed by atoms with Crippen LogP contribution in [-0.2, 0) is 27.3 Å². The van der Waals surface area contributed by atoms with Gasteiger partial charge in [-0.1, -0.05) is 41.4 Å². The highest BCUT2D eigenvalue weighted by molar-refractivity contribution is 6.42. The maximum atomic E-state index is 12.7. The molecule has 8 heteroatoms. The normalized spacial score (nSPS) is 15.8. The van der Waals surface area contributed by atoms with Gasteiger partial charge in [-0.2, -0.15) is 0 Å². The predicted molar refractivity (Wildman–Crippen MR) is 119 cm³/mol. The highest BCUT2D eigenvalue weighted by Gasteiger charge is 2.39. The molecule has 0 saturated heterocycles. The molecule has 0 unspecified atom stereocenters. The van der Waals surface area contributed by atoms with Gasteiger partial charge in [0.2, 0.25) is 0 Å². The Bertz CT molecular complexity index is 986. The van der Waals surface area contributed by atoms with Gasteiger partial charge < -0.3 is 14.2 Å². The quantitative estimate of drug-likeness (QED) is 0.551. The minimum atomic E-state index is -0.875. The number of hydrogen-bond donors (Lipinski definition) is 0. The summed E-state index contributed by atoms with van der Waals surface area (Å²) in [7, 11) is 1.30. The topological polar surface area (TPSA) is 65.1 Å². The van der Waals surface area contributed by atoms with Crippen LogP contribution in [0.3, 0.4) is 0 Å². The lowest BCUT2D eigenvalue weighted by atomic mass is 9.92. The van der Waals surface area contributed by atoms with E-state index in [0.29, 0.717) is 34.3 Å². The standard InChI is InChI=1S/C23H25Cl2NO5/c1-23(2,3)31-22(28)26-11-10-14-12-16(8-9-17(14)20(26)21(27)29-4)30-13-15-6-5-7-18(24)19(15)25/h5-9,12,20H,10-11,13H2,1-4H3/t20-/m1/s1. The fourth-order valence-corrected chi connectivity index (χ4v) is 3.77. The van der Waals surface area contributed by atoms with E-state index in [0.717, 1.165) is 11.1 Å². The maximum absolute atomic E-state index is 12.7. The van der Waals surface area contributed by atoms with E-state index in [-0.39, 0.29) is 6.61 Å². The summed E-state index contributed by atoms with van der Waals surface area (Å²) in [6.07, 6.45) is 0.00136. The van der Waals surface area contributed by atoms with Crippen molar-refractivity contribution in [2.45, 2.75) is 45.4 Å². The summed E-state index contributed by atoms with van der Waals surface area (Å²) >= 11 is 12.3. The third-order valence-electron chi connectivity index (χ3n) is 4.82. The lowest BCUT2D eigenvalue weighted by Crippen LogP contribution is -2.46. The highest BCUT2D eigenvalue weighted by atomic mass is 35.5. The Morgan fingerprint density at radius 3 is 2.58 bits per heavy atom. The fourth-order valence-electron chi connectivity index (χ4n) is 3.40. The van der Waals surface area contributed by atoms with Gasteiger partial charge in [-0.3, -0.25) is 4.90 Å². The first-order valence-electron chi connectivity index (χ1n) is 9.86. The Hall–Kier alpha value is -2.44. The van der Waals surface area contributed by atoms with Crippen LogP contribution in [0.5, 0.6) is 5.75 Å². The number of methoxy groups -OCH3 is 1. The van der Waals surface area contributed by atoms with Crippen molar-refractivity contribution in [1.82, 2.24) is 4.90 Å². The van der Waals surface area contributed by atoms with Crippen molar-refractivity contribution in [3.8, 4) is 5.75 Å². The molecule has 0 saturated carbocycles. The number of ether oxygens (including phenoxy) is 3. The lowest BCUT2D eigenvalue weighted by molar-refractivity contribution is -0.147. The summed E-state index contributed by atoms with van der Waals surface area (Å²) in [6, 6.07) is 9.91. The summed E-state index contributed by atoms with van der Waals surface area (Å²) in [5.41, 5.74) is 1.70. The second-order valence-electron chi connectivity index (χ2n) is 8.21. The Morgan fingerprint density at radius 2 is 1.90 bits per heavy atom. The van der Waals surface area contributed by atoms with Crippen molar-refractivity contribution in [3.05, 3.63) is 63.1 Å². The molecule has 0 N–H and O–H groups in total. The van der Waals surface area contributed by atoms with E-state index in [2.05, 4.69) is 0 Å². The number of carbonyl (C=O) groups excluding carboxylic acids is 2. The molecule has 1 aliphatic rings. The number of esters is 1. The fraction of sp³-hybridized carbons (Fsp3) is 0.391. The van der Waals surface area contributed by atoms with Crippen molar-refractivity contribution in [2.75, 3.05) is 13.7 Å². The van der Waals surface area contributed by atoms with E-state index < -0.39 is 23.7 Å². The molecule has 166 valence electrons. The molecule has 6 nitrogen and oxygen atoms in total. The zero-order valence-electron chi connectivity index (χ0n) is 17.9. The Labute approximate surface area is 192 Å². The number of rotatable bonds is 4. The number of amides is 1. The number of benzene rings is 2. The van der Waals surface area contributed by atoms with Gasteiger partial charge in [0.15, 0.2) is 6.04 Å². The monoisotopic (exact) mass is 465 g/mol. The minimum Gasteiger partial charge on any atom is -0.489 e. The van der Waals surface area contributed by atoms with Crippen LogP contribution in [-0.4, -0.2) is 36.2 Å². The van der Waals surface area contributed by atoms with Crippen LogP contribution in [0.25, 0.3) is 0 Å². The summed E-state index contributed by atoms with van der Waals surface area (Å²) in [6.45, 7) is 5.93.